The maximum atomic E-state index is 12.1. The molecule has 130 valence electrons. The third kappa shape index (κ3) is 3.47. The van der Waals surface area contributed by atoms with Gasteiger partial charge in [0.1, 0.15) is 5.82 Å². The number of amides is 1. The molecule has 2 aromatic rings. The van der Waals surface area contributed by atoms with Crippen molar-refractivity contribution in [2.75, 3.05) is 13.1 Å². The van der Waals surface area contributed by atoms with Crippen molar-refractivity contribution >= 4 is 16.9 Å². The Morgan fingerprint density at radius 3 is 2.67 bits per heavy atom. The maximum absolute atomic E-state index is 12.1. The topological polar surface area (TPSA) is 38.1 Å². The van der Waals surface area contributed by atoms with Crippen LogP contribution in [0.25, 0.3) is 11.0 Å². The van der Waals surface area contributed by atoms with Gasteiger partial charge in [0.25, 0.3) is 0 Å². The van der Waals surface area contributed by atoms with Crippen LogP contribution in [0.3, 0.4) is 0 Å². The van der Waals surface area contributed by atoms with Crippen LogP contribution in [-0.4, -0.2) is 33.4 Å². The number of benzene rings is 1. The summed E-state index contributed by atoms with van der Waals surface area (Å²) in [6.07, 6.45) is 6.96. The lowest BCUT2D eigenvalue weighted by molar-refractivity contribution is -0.127. The van der Waals surface area contributed by atoms with E-state index in [0.29, 0.717) is 6.42 Å². The number of carbonyl (C=O) groups is 1. The molecule has 1 unspecified atom stereocenters. The van der Waals surface area contributed by atoms with Gasteiger partial charge < -0.3 is 9.47 Å². The second-order valence-electron chi connectivity index (χ2n) is 6.86. The summed E-state index contributed by atoms with van der Waals surface area (Å²) < 4.78 is 2.37. The smallest absolute Gasteiger partial charge is 0.223 e. The number of imidazole rings is 1. The molecule has 1 aliphatic heterocycles. The van der Waals surface area contributed by atoms with E-state index < -0.39 is 0 Å². The molecule has 0 saturated carbocycles. The van der Waals surface area contributed by atoms with E-state index >= 15 is 0 Å². The van der Waals surface area contributed by atoms with Crippen LogP contribution in [-0.2, 0) is 11.3 Å². The normalized spacial score (nSPS) is 18.0. The maximum Gasteiger partial charge on any atom is 0.223 e. The van der Waals surface area contributed by atoms with Crippen molar-refractivity contribution in [3.8, 4) is 0 Å². The number of likely N-dealkylation sites (N-methyl/N-ethyl adjacent to an activating group) is 1. The molecule has 24 heavy (non-hydrogen) atoms. The predicted molar refractivity (Wildman–Crippen MR) is 98.1 cm³/mol. The van der Waals surface area contributed by atoms with Gasteiger partial charge in [0.05, 0.1) is 11.0 Å². The van der Waals surface area contributed by atoms with Crippen molar-refractivity contribution in [1.29, 1.82) is 0 Å². The second-order valence-corrected chi connectivity index (χ2v) is 6.86. The Morgan fingerprint density at radius 1 is 1.12 bits per heavy atom. The van der Waals surface area contributed by atoms with E-state index in [4.69, 9.17) is 4.98 Å². The first-order chi connectivity index (χ1) is 11.7. The average Bonchev–Trinajstić information content (AvgIpc) is 3.15. The number of unbranched alkanes of at least 4 members (excludes halogenated alkanes) is 4. The minimum absolute atomic E-state index is 0.237. The molecular formula is C20H29N3O. The Morgan fingerprint density at radius 2 is 1.92 bits per heavy atom. The molecule has 1 aromatic heterocycles. The minimum atomic E-state index is 0.237. The molecule has 1 saturated heterocycles. The third-order valence-corrected chi connectivity index (χ3v) is 5.13. The first-order valence-electron chi connectivity index (χ1n) is 9.47. The van der Waals surface area contributed by atoms with Crippen molar-refractivity contribution < 1.29 is 4.79 Å². The molecule has 1 amide bonds. The molecule has 0 bridgehead atoms. The zero-order valence-corrected chi connectivity index (χ0v) is 15.0. The zero-order chi connectivity index (χ0) is 16.9. The molecule has 0 spiro atoms. The summed E-state index contributed by atoms with van der Waals surface area (Å²) in [7, 11) is 0. The van der Waals surface area contributed by atoms with Gasteiger partial charge in [0.15, 0.2) is 0 Å². The quantitative estimate of drug-likeness (QED) is 0.676. The van der Waals surface area contributed by atoms with E-state index in [0.717, 1.165) is 31.0 Å². The van der Waals surface area contributed by atoms with Crippen molar-refractivity contribution in [2.24, 2.45) is 0 Å². The fraction of sp³-hybridized carbons (Fsp3) is 0.600. The first kappa shape index (κ1) is 17.0. The lowest BCUT2D eigenvalue weighted by atomic mass is 10.1. The van der Waals surface area contributed by atoms with Gasteiger partial charge in [-0.25, -0.2) is 4.98 Å². The summed E-state index contributed by atoms with van der Waals surface area (Å²) in [5.41, 5.74) is 2.27. The Bertz CT molecular complexity index is 691. The molecule has 1 atom stereocenters. The third-order valence-electron chi connectivity index (χ3n) is 5.13. The highest BCUT2D eigenvalue weighted by Gasteiger charge is 2.32. The number of hydrogen-bond donors (Lipinski definition) is 0. The SMILES string of the molecule is CCCCCCCn1c(C2CC(=O)N(CC)C2)nc2ccccc21. The molecule has 2 heterocycles. The molecule has 3 rings (SSSR count). The van der Waals surface area contributed by atoms with Gasteiger partial charge in [-0.15, -0.1) is 0 Å². The van der Waals surface area contributed by atoms with Gasteiger partial charge in [-0.2, -0.15) is 0 Å². The van der Waals surface area contributed by atoms with Gasteiger partial charge in [-0.3, -0.25) is 4.79 Å². The largest absolute Gasteiger partial charge is 0.342 e. The van der Waals surface area contributed by atoms with Gasteiger partial charge in [0.2, 0.25) is 5.91 Å². The van der Waals surface area contributed by atoms with Crippen LogP contribution in [0, 0.1) is 0 Å². The average molecular weight is 327 g/mol. The van der Waals surface area contributed by atoms with Crippen LogP contribution < -0.4 is 0 Å². The van der Waals surface area contributed by atoms with E-state index in [2.05, 4.69) is 36.6 Å². The van der Waals surface area contributed by atoms with Crippen LogP contribution in [0.15, 0.2) is 24.3 Å². The van der Waals surface area contributed by atoms with Gasteiger partial charge in [-0.1, -0.05) is 44.7 Å². The Hall–Kier alpha value is -1.84. The number of fused-ring (bicyclic) bond motifs is 1. The van der Waals surface area contributed by atoms with Crippen molar-refractivity contribution in [3.63, 3.8) is 0 Å². The zero-order valence-electron chi connectivity index (χ0n) is 15.0. The van der Waals surface area contributed by atoms with E-state index in [-0.39, 0.29) is 11.8 Å². The van der Waals surface area contributed by atoms with Crippen LogP contribution in [0.2, 0.25) is 0 Å². The number of rotatable bonds is 8. The van der Waals surface area contributed by atoms with E-state index in [1.807, 2.05) is 11.0 Å². The summed E-state index contributed by atoms with van der Waals surface area (Å²) in [5, 5.41) is 0. The van der Waals surface area contributed by atoms with Gasteiger partial charge in [-0.05, 0) is 25.5 Å². The van der Waals surface area contributed by atoms with Crippen LogP contribution in [0.1, 0.15) is 64.1 Å². The number of aromatic nitrogens is 2. The summed E-state index contributed by atoms with van der Waals surface area (Å²) in [4.78, 5) is 19.0. The standard InChI is InChI=1S/C20H29N3O/c1-3-5-6-7-10-13-23-18-12-9-8-11-17(18)21-20(23)16-14-19(24)22(4-2)15-16/h8-9,11-12,16H,3-7,10,13-15H2,1-2H3. The summed E-state index contributed by atoms with van der Waals surface area (Å²) in [5.74, 6) is 1.61. The number of aryl methyl sites for hydroxylation is 1. The van der Waals surface area contributed by atoms with Gasteiger partial charge in [0, 0.05) is 32.0 Å². The Labute approximate surface area is 144 Å². The predicted octanol–water partition coefficient (Wildman–Crippen LogP) is 4.34. The van der Waals surface area contributed by atoms with Crippen LogP contribution >= 0.6 is 0 Å². The lowest BCUT2D eigenvalue weighted by Gasteiger charge is -2.15. The van der Waals surface area contributed by atoms with Crippen LogP contribution in [0.5, 0.6) is 0 Å². The fourth-order valence-electron chi connectivity index (χ4n) is 3.76. The molecule has 1 fully saturated rings. The highest BCUT2D eigenvalue weighted by atomic mass is 16.2. The monoisotopic (exact) mass is 327 g/mol. The summed E-state index contributed by atoms with van der Waals surface area (Å²) >= 11 is 0. The molecule has 0 radical (unpaired) electrons. The Balaban J connectivity index is 1.81. The van der Waals surface area contributed by atoms with Crippen molar-refractivity contribution in [2.45, 2.75) is 64.8 Å². The van der Waals surface area contributed by atoms with E-state index in [9.17, 15) is 4.79 Å². The summed E-state index contributed by atoms with van der Waals surface area (Å²) in [6.45, 7) is 6.92. The first-order valence-corrected chi connectivity index (χ1v) is 9.47. The molecule has 4 nitrogen and oxygen atoms in total. The highest BCUT2D eigenvalue weighted by Crippen LogP contribution is 2.30. The van der Waals surface area contributed by atoms with Gasteiger partial charge >= 0.3 is 0 Å². The molecule has 0 N–H and O–H groups in total. The number of nitrogens with zero attached hydrogens (tertiary/aromatic N) is 3. The molecule has 1 aromatic carbocycles. The Kier molecular flexibility index (Phi) is 5.54. The second kappa shape index (κ2) is 7.82. The van der Waals surface area contributed by atoms with E-state index in [1.165, 1.54) is 37.6 Å². The lowest BCUT2D eigenvalue weighted by Crippen LogP contribution is -2.24. The van der Waals surface area contributed by atoms with Crippen LogP contribution in [0.4, 0.5) is 0 Å². The number of likely N-dealkylation sites (tertiary alicyclic amines) is 1. The number of carbonyl (C=O) groups excluding carboxylic acids is 1. The molecule has 4 heteroatoms. The van der Waals surface area contributed by atoms with E-state index in [1.54, 1.807) is 0 Å². The molecule has 1 aliphatic rings. The molecule has 0 aliphatic carbocycles. The molecular weight excluding hydrogens is 298 g/mol. The van der Waals surface area contributed by atoms with Crippen molar-refractivity contribution in [3.05, 3.63) is 30.1 Å². The fourth-order valence-corrected chi connectivity index (χ4v) is 3.76. The number of para-hydroxylation sites is 2. The minimum Gasteiger partial charge on any atom is -0.342 e. The highest BCUT2D eigenvalue weighted by molar-refractivity contribution is 5.80. The summed E-state index contributed by atoms with van der Waals surface area (Å²) in [6, 6.07) is 8.37. The number of hydrogen-bond acceptors (Lipinski definition) is 2. The van der Waals surface area contributed by atoms with Crippen molar-refractivity contribution in [1.82, 2.24) is 14.5 Å².